The van der Waals surface area contributed by atoms with Crippen molar-refractivity contribution in [1.82, 2.24) is 9.88 Å². The number of amides is 1. The third kappa shape index (κ3) is 4.32. The summed E-state index contributed by atoms with van der Waals surface area (Å²) >= 11 is 0. The Kier molecular flexibility index (Phi) is 5.69. The van der Waals surface area contributed by atoms with Crippen LogP contribution in [0.25, 0.3) is 0 Å². The van der Waals surface area contributed by atoms with Gasteiger partial charge in [-0.15, -0.1) is 0 Å². The molecule has 0 atom stereocenters. The lowest BCUT2D eigenvalue weighted by Gasteiger charge is -2.10. The van der Waals surface area contributed by atoms with E-state index in [9.17, 15) is 14.7 Å². The summed E-state index contributed by atoms with van der Waals surface area (Å²) in [6, 6.07) is 5.35. The van der Waals surface area contributed by atoms with Crippen molar-refractivity contribution >= 4 is 11.9 Å². The molecule has 134 valence electrons. The molecule has 0 unspecified atom stereocenters. The zero-order chi connectivity index (χ0) is 18.6. The smallest absolute Gasteiger partial charge is 0.337 e. The summed E-state index contributed by atoms with van der Waals surface area (Å²) in [7, 11) is 4.85. The molecule has 0 aliphatic rings. The number of carbonyl (C=O) groups excluding carboxylic acids is 1. The molecule has 25 heavy (non-hydrogen) atoms. The largest absolute Gasteiger partial charge is 0.497 e. The number of carboxylic acids is 1. The topological polar surface area (TPSA) is 89.8 Å². The lowest BCUT2D eigenvalue weighted by molar-refractivity contribution is -0.120. The molecule has 1 aromatic carbocycles. The number of ether oxygens (including phenoxy) is 2. The number of aryl methyl sites for hydroxylation is 2. The van der Waals surface area contributed by atoms with Crippen molar-refractivity contribution in [2.75, 3.05) is 14.2 Å². The maximum atomic E-state index is 12.3. The molecule has 0 spiro atoms. The minimum absolute atomic E-state index is 0.00687. The summed E-state index contributed by atoms with van der Waals surface area (Å²) in [6.45, 7) is 2.01. The number of nitrogens with one attached hydrogen (secondary N) is 1. The number of carboxylic acid groups (broad SMARTS) is 1. The van der Waals surface area contributed by atoms with Crippen molar-refractivity contribution in [2.45, 2.75) is 19.9 Å². The molecule has 1 heterocycles. The van der Waals surface area contributed by atoms with Crippen molar-refractivity contribution in [3.05, 3.63) is 46.8 Å². The first-order valence-electron chi connectivity index (χ1n) is 7.72. The van der Waals surface area contributed by atoms with Gasteiger partial charge in [0.05, 0.1) is 26.2 Å². The quantitative estimate of drug-likeness (QED) is 0.799. The SMILES string of the molecule is COc1cc(CNC(=O)Cc2c(C(=O)O)c(C)cn2C)cc(OC)c1. The molecular weight excluding hydrogens is 324 g/mol. The highest BCUT2D eigenvalue weighted by molar-refractivity contribution is 5.93. The van der Waals surface area contributed by atoms with Gasteiger partial charge in [-0.1, -0.05) is 0 Å². The van der Waals surface area contributed by atoms with Crippen LogP contribution in [0.4, 0.5) is 0 Å². The predicted octanol–water partition coefficient (Wildman–Crippen LogP) is 1.91. The molecule has 2 N–H and O–H groups in total. The zero-order valence-electron chi connectivity index (χ0n) is 14.8. The van der Waals surface area contributed by atoms with Crippen molar-refractivity contribution in [3.8, 4) is 11.5 Å². The van der Waals surface area contributed by atoms with Crippen molar-refractivity contribution in [3.63, 3.8) is 0 Å². The third-order valence-electron chi connectivity index (χ3n) is 3.94. The number of rotatable bonds is 7. The normalized spacial score (nSPS) is 10.4. The van der Waals surface area contributed by atoms with E-state index in [1.54, 1.807) is 57.2 Å². The first-order valence-corrected chi connectivity index (χ1v) is 7.72. The summed E-state index contributed by atoms with van der Waals surface area (Å²) in [5, 5.41) is 12.1. The number of hydrogen-bond acceptors (Lipinski definition) is 4. The van der Waals surface area contributed by atoms with Crippen LogP contribution >= 0.6 is 0 Å². The van der Waals surface area contributed by atoms with Crippen LogP contribution in [0.5, 0.6) is 11.5 Å². The summed E-state index contributed by atoms with van der Waals surface area (Å²) in [6.07, 6.45) is 1.70. The fourth-order valence-corrected chi connectivity index (χ4v) is 2.73. The van der Waals surface area contributed by atoms with Gasteiger partial charge in [-0.3, -0.25) is 4.79 Å². The summed E-state index contributed by atoms with van der Waals surface area (Å²) in [5.41, 5.74) is 2.12. The van der Waals surface area contributed by atoms with Crippen LogP contribution in [-0.2, 0) is 24.8 Å². The van der Waals surface area contributed by atoms with Crippen LogP contribution in [0.2, 0.25) is 0 Å². The Morgan fingerprint density at radius 3 is 2.28 bits per heavy atom. The highest BCUT2D eigenvalue weighted by Gasteiger charge is 2.19. The monoisotopic (exact) mass is 346 g/mol. The highest BCUT2D eigenvalue weighted by atomic mass is 16.5. The molecule has 7 nitrogen and oxygen atoms in total. The number of benzene rings is 1. The fraction of sp³-hybridized carbons (Fsp3) is 0.333. The molecule has 2 rings (SSSR count). The molecule has 0 bridgehead atoms. The van der Waals surface area contributed by atoms with Crippen LogP contribution in [0.3, 0.4) is 0 Å². The maximum Gasteiger partial charge on any atom is 0.337 e. The molecule has 0 aliphatic heterocycles. The van der Waals surface area contributed by atoms with E-state index in [4.69, 9.17) is 9.47 Å². The predicted molar refractivity (Wildman–Crippen MR) is 92.2 cm³/mol. The Labute approximate surface area is 146 Å². The zero-order valence-corrected chi connectivity index (χ0v) is 14.8. The summed E-state index contributed by atoms with van der Waals surface area (Å²) in [4.78, 5) is 23.6. The van der Waals surface area contributed by atoms with Crippen LogP contribution < -0.4 is 14.8 Å². The van der Waals surface area contributed by atoms with E-state index in [0.29, 0.717) is 22.8 Å². The van der Waals surface area contributed by atoms with Crippen molar-refractivity contribution < 1.29 is 24.2 Å². The standard InChI is InChI=1S/C18H22N2O5/c1-11-10-20(2)15(17(11)18(22)23)8-16(21)19-9-12-5-13(24-3)7-14(6-12)25-4/h5-7,10H,8-9H2,1-4H3,(H,19,21)(H,22,23). The van der Waals surface area contributed by atoms with E-state index < -0.39 is 5.97 Å². The van der Waals surface area contributed by atoms with Gasteiger partial charge in [0.25, 0.3) is 0 Å². The molecule has 0 fully saturated rings. The van der Waals surface area contributed by atoms with Gasteiger partial charge >= 0.3 is 5.97 Å². The molecule has 0 radical (unpaired) electrons. The second kappa shape index (κ2) is 7.74. The molecular formula is C18H22N2O5. The number of aromatic carboxylic acids is 1. The van der Waals surface area contributed by atoms with Crippen molar-refractivity contribution in [1.29, 1.82) is 0 Å². The van der Waals surface area contributed by atoms with E-state index in [1.807, 2.05) is 0 Å². The molecule has 7 heteroatoms. The molecule has 2 aromatic rings. The Hall–Kier alpha value is -2.96. The number of aromatic nitrogens is 1. The van der Waals surface area contributed by atoms with E-state index in [1.165, 1.54) is 0 Å². The van der Waals surface area contributed by atoms with Gasteiger partial charge in [0.1, 0.15) is 11.5 Å². The Morgan fingerprint density at radius 2 is 1.76 bits per heavy atom. The average molecular weight is 346 g/mol. The van der Waals surface area contributed by atoms with Crippen LogP contribution in [0, 0.1) is 6.92 Å². The molecule has 1 aromatic heterocycles. The second-order valence-corrected chi connectivity index (χ2v) is 5.72. The van der Waals surface area contributed by atoms with Gasteiger partial charge in [-0.2, -0.15) is 0 Å². The van der Waals surface area contributed by atoms with Gasteiger partial charge in [0.2, 0.25) is 5.91 Å². The van der Waals surface area contributed by atoms with Crippen LogP contribution in [0.1, 0.15) is 27.2 Å². The van der Waals surface area contributed by atoms with E-state index in [0.717, 1.165) is 5.56 Å². The van der Waals surface area contributed by atoms with Gasteiger partial charge in [0.15, 0.2) is 0 Å². The lowest BCUT2D eigenvalue weighted by Crippen LogP contribution is -2.26. The fourth-order valence-electron chi connectivity index (χ4n) is 2.73. The molecule has 0 saturated carbocycles. The van der Waals surface area contributed by atoms with E-state index >= 15 is 0 Å². The summed E-state index contributed by atoms with van der Waals surface area (Å²) < 4.78 is 12.1. The lowest BCUT2D eigenvalue weighted by atomic mass is 10.1. The Balaban J connectivity index is 2.08. The van der Waals surface area contributed by atoms with Gasteiger partial charge in [-0.05, 0) is 30.2 Å². The Bertz CT molecular complexity index is 773. The highest BCUT2D eigenvalue weighted by Crippen LogP contribution is 2.22. The number of hydrogen-bond donors (Lipinski definition) is 2. The van der Waals surface area contributed by atoms with Crippen molar-refractivity contribution in [2.24, 2.45) is 7.05 Å². The summed E-state index contributed by atoms with van der Waals surface area (Å²) in [5.74, 6) is -0.0198. The molecule has 0 saturated heterocycles. The number of methoxy groups -OCH3 is 2. The van der Waals surface area contributed by atoms with Crippen LogP contribution in [0.15, 0.2) is 24.4 Å². The average Bonchev–Trinajstić information content (AvgIpc) is 2.86. The number of carbonyl (C=O) groups is 2. The van der Waals surface area contributed by atoms with Crippen LogP contribution in [-0.4, -0.2) is 35.8 Å². The van der Waals surface area contributed by atoms with E-state index in [-0.39, 0.29) is 24.4 Å². The van der Waals surface area contributed by atoms with E-state index in [2.05, 4.69) is 5.32 Å². The molecule has 0 aliphatic carbocycles. The number of nitrogens with zero attached hydrogens (tertiary/aromatic N) is 1. The van der Waals surface area contributed by atoms with Gasteiger partial charge in [0, 0.05) is 31.5 Å². The minimum atomic E-state index is -1.03. The Morgan fingerprint density at radius 1 is 1.16 bits per heavy atom. The molecule has 1 amide bonds. The third-order valence-corrected chi connectivity index (χ3v) is 3.94. The van der Waals surface area contributed by atoms with Gasteiger partial charge < -0.3 is 24.5 Å². The first-order chi connectivity index (χ1) is 11.8. The maximum absolute atomic E-state index is 12.3. The van der Waals surface area contributed by atoms with Gasteiger partial charge in [-0.25, -0.2) is 4.79 Å². The minimum Gasteiger partial charge on any atom is -0.497 e. The first kappa shape index (κ1) is 18.4. The second-order valence-electron chi connectivity index (χ2n) is 5.72.